The number of aromatic hydroxyl groups is 1. The third-order valence-corrected chi connectivity index (χ3v) is 5.78. The summed E-state index contributed by atoms with van der Waals surface area (Å²) in [6.45, 7) is 5.26. The summed E-state index contributed by atoms with van der Waals surface area (Å²) in [6, 6.07) is 3.85. The van der Waals surface area contributed by atoms with Crippen LogP contribution in [0, 0.1) is 5.82 Å². The van der Waals surface area contributed by atoms with Gasteiger partial charge in [-0.3, -0.25) is 19.2 Å². The molecule has 0 saturated carbocycles. The predicted molar refractivity (Wildman–Crippen MR) is 121 cm³/mol. The zero-order valence-corrected chi connectivity index (χ0v) is 19.6. The molecule has 35 heavy (non-hydrogen) atoms. The number of nitrogens with zero attached hydrogens (tertiary/aromatic N) is 4. The second kappa shape index (κ2) is 8.74. The van der Waals surface area contributed by atoms with Gasteiger partial charge in [0.2, 0.25) is 11.4 Å². The number of ether oxygens (including phenoxy) is 2. The Balaban J connectivity index is 1.59. The summed E-state index contributed by atoms with van der Waals surface area (Å²) >= 11 is 0. The molecule has 2 aromatic rings. The van der Waals surface area contributed by atoms with Gasteiger partial charge in [0.15, 0.2) is 5.69 Å². The van der Waals surface area contributed by atoms with Crippen LogP contribution in [-0.2, 0) is 33.0 Å². The molecule has 0 bridgehead atoms. The van der Waals surface area contributed by atoms with Crippen LogP contribution in [-0.4, -0.2) is 52.3 Å². The Morgan fingerprint density at radius 3 is 2.80 bits per heavy atom. The van der Waals surface area contributed by atoms with Crippen molar-refractivity contribution in [3.8, 4) is 5.75 Å². The van der Waals surface area contributed by atoms with E-state index in [2.05, 4.69) is 20.7 Å². The third-order valence-electron chi connectivity index (χ3n) is 5.78. The maximum atomic E-state index is 14.0. The third kappa shape index (κ3) is 4.35. The van der Waals surface area contributed by atoms with E-state index < -0.39 is 46.0 Å². The molecule has 1 aromatic carbocycles. The van der Waals surface area contributed by atoms with Crippen molar-refractivity contribution in [2.24, 2.45) is 4.99 Å². The Morgan fingerprint density at radius 2 is 2.09 bits per heavy atom. The Kier molecular flexibility index (Phi) is 6.07. The van der Waals surface area contributed by atoms with E-state index in [0.29, 0.717) is 5.56 Å². The number of benzene rings is 1. The van der Waals surface area contributed by atoms with Crippen molar-refractivity contribution in [2.75, 3.05) is 18.7 Å². The number of hydrogen-bond acceptors (Lipinski definition) is 10. The van der Waals surface area contributed by atoms with E-state index in [1.165, 1.54) is 48.1 Å². The zero-order chi connectivity index (χ0) is 25.5. The van der Waals surface area contributed by atoms with E-state index in [1.807, 2.05) is 0 Å². The zero-order valence-electron chi connectivity index (χ0n) is 19.6. The molecule has 0 spiro atoms. The van der Waals surface area contributed by atoms with Crippen molar-refractivity contribution in [1.29, 1.82) is 0 Å². The van der Waals surface area contributed by atoms with Crippen LogP contribution in [0.4, 0.5) is 10.1 Å². The minimum Gasteiger partial charge on any atom is -0.501 e. The molecule has 3 N–H and O–H groups in total. The van der Waals surface area contributed by atoms with Crippen LogP contribution >= 0.6 is 0 Å². The standard InChI is InChI=1S/C22H25FN6O6/c1-21(2)19-26-15(16(30)18(32)28(19)7-8-35-21)17(31)24-10-12-5-6-13(23)9-14(12)29-11-25-22(3,27-29)20(33)34-4/h5-6,9,11,27,30H,7-8,10H2,1-4H3,(H,24,31). The molecule has 3 heterocycles. The molecule has 1 amide bonds. The molecule has 2 aliphatic rings. The molecule has 4 rings (SSSR count). The van der Waals surface area contributed by atoms with Crippen LogP contribution in [0.5, 0.6) is 5.75 Å². The van der Waals surface area contributed by atoms with Crippen molar-refractivity contribution in [3.05, 3.63) is 51.5 Å². The minimum absolute atomic E-state index is 0.116. The molecule has 13 heteroatoms. The summed E-state index contributed by atoms with van der Waals surface area (Å²) in [5.74, 6) is -2.55. The SMILES string of the molecule is COC(=O)C1(C)N=CN(c2cc(F)ccc2CNC(=O)c2nc3n(c(=O)c2O)CCOC3(C)C)N1. The fourth-order valence-electron chi connectivity index (χ4n) is 3.88. The topological polar surface area (TPSA) is 147 Å². The van der Waals surface area contributed by atoms with E-state index in [-0.39, 0.29) is 31.2 Å². The average Bonchev–Trinajstić information content (AvgIpc) is 3.23. The lowest BCUT2D eigenvalue weighted by atomic mass is 10.1. The van der Waals surface area contributed by atoms with Crippen LogP contribution in [0.15, 0.2) is 28.0 Å². The average molecular weight is 488 g/mol. The molecule has 1 atom stereocenters. The lowest BCUT2D eigenvalue weighted by Gasteiger charge is -2.32. The van der Waals surface area contributed by atoms with Crippen molar-refractivity contribution in [1.82, 2.24) is 20.3 Å². The van der Waals surface area contributed by atoms with Crippen molar-refractivity contribution in [3.63, 3.8) is 0 Å². The van der Waals surface area contributed by atoms with Crippen molar-refractivity contribution < 1.29 is 28.6 Å². The van der Waals surface area contributed by atoms with Gasteiger partial charge >= 0.3 is 5.97 Å². The number of hydrogen-bond donors (Lipinski definition) is 3. The van der Waals surface area contributed by atoms with Gasteiger partial charge < -0.3 is 19.9 Å². The summed E-state index contributed by atoms with van der Waals surface area (Å²) in [7, 11) is 1.22. The van der Waals surface area contributed by atoms with Gasteiger partial charge in [0.05, 0.1) is 25.9 Å². The quantitative estimate of drug-likeness (QED) is 0.513. The van der Waals surface area contributed by atoms with E-state index >= 15 is 0 Å². The van der Waals surface area contributed by atoms with Gasteiger partial charge in [-0.15, -0.1) is 0 Å². The number of methoxy groups -OCH3 is 1. The molecular formula is C22H25FN6O6. The number of rotatable bonds is 5. The number of carbonyl (C=O) groups excluding carboxylic acids is 2. The van der Waals surface area contributed by atoms with Gasteiger partial charge in [-0.1, -0.05) is 6.07 Å². The number of amides is 1. The largest absolute Gasteiger partial charge is 0.501 e. The van der Waals surface area contributed by atoms with Gasteiger partial charge in [0, 0.05) is 6.54 Å². The number of nitrogens with one attached hydrogen (secondary N) is 2. The maximum Gasteiger partial charge on any atom is 0.350 e. The second-order valence-corrected chi connectivity index (χ2v) is 8.69. The van der Waals surface area contributed by atoms with Gasteiger partial charge in [0.25, 0.3) is 11.5 Å². The molecule has 0 saturated heterocycles. The lowest BCUT2D eigenvalue weighted by molar-refractivity contribution is -0.147. The van der Waals surface area contributed by atoms with Crippen LogP contribution in [0.3, 0.4) is 0 Å². The molecule has 1 aromatic heterocycles. The van der Waals surface area contributed by atoms with Crippen molar-refractivity contribution in [2.45, 2.75) is 45.1 Å². The Hall–Kier alpha value is -3.84. The molecule has 1 unspecified atom stereocenters. The number of esters is 1. The molecule has 12 nitrogen and oxygen atoms in total. The molecule has 186 valence electrons. The molecule has 0 aliphatic carbocycles. The monoisotopic (exact) mass is 488 g/mol. The summed E-state index contributed by atoms with van der Waals surface area (Å²) in [5, 5.41) is 14.3. The number of hydrazine groups is 1. The van der Waals surface area contributed by atoms with E-state index in [4.69, 9.17) is 9.47 Å². The first-order chi connectivity index (χ1) is 16.5. The van der Waals surface area contributed by atoms with Crippen LogP contribution in [0.2, 0.25) is 0 Å². The summed E-state index contributed by atoms with van der Waals surface area (Å²) in [5.41, 5.74) is 0.0364. The summed E-state index contributed by atoms with van der Waals surface area (Å²) in [6.07, 6.45) is 1.30. The van der Waals surface area contributed by atoms with Crippen molar-refractivity contribution >= 4 is 23.9 Å². The van der Waals surface area contributed by atoms with Gasteiger partial charge in [-0.25, -0.2) is 19.2 Å². The Bertz CT molecular complexity index is 1290. The summed E-state index contributed by atoms with van der Waals surface area (Å²) in [4.78, 5) is 45.9. The lowest BCUT2D eigenvalue weighted by Crippen LogP contribution is -2.51. The smallest absolute Gasteiger partial charge is 0.350 e. The minimum atomic E-state index is -1.41. The highest BCUT2D eigenvalue weighted by molar-refractivity contribution is 5.95. The van der Waals surface area contributed by atoms with E-state index in [1.54, 1.807) is 13.8 Å². The predicted octanol–water partition coefficient (Wildman–Crippen LogP) is 0.525. The highest BCUT2D eigenvalue weighted by atomic mass is 19.1. The molecule has 2 aliphatic heterocycles. The Labute approximate surface area is 199 Å². The number of halogens is 1. The van der Waals surface area contributed by atoms with Crippen LogP contribution < -0.4 is 21.3 Å². The number of fused-ring (bicyclic) bond motifs is 1. The molecule has 0 fully saturated rings. The number of aromatic nitrogens is 2. The highest BCUT2D eigenvalue weighted by Gasteiger charge is 2.40. The van der Waals surface area contributed by atoms with Gasteiger partial charge in [-0.05, 0) is 38.5 Å². The second-order valence-electron chi connectivity index (χ2n) is 8.69. The first kappa shape index (κ1) is 24.3. The molecule has 0 radical (unpaired) electrons. The number of aliphatic imine (C=N–C) groups is 1. The first-order valence-corrected chi connectivity index (χ1v) is 10.7. The Morgan fingerprint density at radius 1 is 1.34 bits per heavy atom. The number of carbonyl (C=O) groups is 2. The number of anilines is 1. The van der Waals surface area contributed by atoms with E-state index in [0.717, 1.165) is 0 Å². The highest BCUT2D eigenvalue weighted by Crippen LogP contribution is 2.28. The van der Waals surface area contributed by atoms with Gasteiger partial charge in [-0.2, -0.15) is 5.43 Å². The fraction of sp³-hybridized carbons (Fsp3) is 0.409. The normalized spacial score (nSPS) is 20.4. The summed E-state index contributed by atoms with van der Waals surface area (Å²) < 4.78 is 25.7. The maximum absolute atomic E-state index is 14.0. The molecular weight excluding hydrogens is 463 g/mol. The fourth-order valence-corrected chi connectivity index (χ4v) is 3.88. The van der Waals surface area contributed by atoms with E-state index in [9.17, 15) is 23.9 Å². The first-order valence-electron chi connectivity index (χ1n) is 10.7. The van der Waals surface area contributed by atoms with Crippen LogP contribution in [0.1, 0.15) is 42.6 Å². The van der Waals surface area contributed by atoms with Gasteiger partial charge in [0.1, 0.15) is 23.6 Å². The van der Waals surface area contributed by atoms with Crippen LogP contribution in [0.25, 0.3) is 0 Å².